The monoisotopic (exact) mass is 489 g/mol. The van der Waals surface area contributed by atoms with E-state index in [2.05, 4.69) is 21.0 Å². The van der Waals surface area contributed by atoms with Crippen LogP contribution in [0.5, 0.6) is 0 Å². The molecule has 0 atom stereocenters. The van der Waals surface area contributed by atoms with E-state index in [-0.39, 0.29) is 22.2 Å². The first-order valence-corrected chi connectivity index (χ1v) is 11.9. The molecule has 0 spiro atoms. The van der Waals surface area contributed by atoms with Gasteiger partial charge in [-0.3, -0.25) is 4.79 Å². The van der Waals surface area contributed by atoms with E-state index in [4.69, 9.17) is 4.74 Å². The number of morpholine rings is 1. The van der Waals surface area contributed by atoms with Crippen LogP contribution in [-0.2, 0) is 20.3 Å². The molecule has 1 aromatic heterocycles. The summed E-state index contributed by atoms with van der Waals surface area (Å²) in [5.74, 6) is -0.612. The zero-order valence-corrected chi connectivity index (χ0v) is 18.5. The molecule has 0 N–H and O–H groups in total. The molecule has 30 heavy (non-hydrogen) atoms. The van der Waals surface area contributed by atoms with Crippen LogP contribution in [0.4, 0.5) is 0 Å². The quantitative estimate of drug-likeness (QED) is 0.549. The Kier molecular flexibility index (Phi) is 6.03. The van der Waals surface area contributed by atoms with Crippen molar-refractivity contribution in [2.45, 2.75) is 10.6 Å². The maximum atomic E-state index is 13.1. The number of amides is 1. The van der Waals surface area contributed by atoms with Crippen LogP contribution < -0.4 is 0 Å². The molecule has 156 valence electrons. The third-order valence-electron chi connectivity index (χ3n) is 4.83. The largest absolute Gasteiger partial charge is 0.378 e. The van der Waals surface area contributed by atoms with Crippen LogP contribution in [0.25, 0.3) is 5.69 Å². The molecule has 0 unspecified atom stereocenters. The Bertz CT molecular complexity index is 1160. The predicted octanol–water partition coefficient (Wildman–Crippen LogP) is 3.08. The lowest BCUT2D eigenvalue weighted by molar-refractivity contribution is 0.0298. The molecule has 1 aliphatic heterocycles. The van der Waals surface area contributed by atoms with Gasteiger partial charge < -0.3 is 9.64 Å². The molecule has 1 saturated heterocycles. The second-order valence-electron chi connectivity index (χ2n) is 6.88. The number of hydrogen-bond donors (Lipinski definition) is 0. The van der Waals surface area contributed by atoms with Crippen LogP contribution in [-0.4, -0.2) is 55.3 Å². The van der Waals surface area contributed by atoms with E-state index in [9.17, 15) is 13.2 Å². The van der Waals surface area contributed by atoms with Crippen molar-refractivity contribution >= 4 is 31.7 Å². The summed E-state index contributed by atoms with van der Waals surface area (Å²) in [7, 11) is -3.70. The SMILES string of the molecule is O=C(c1nn(-c2ccccc2)cc1CS(=O)(=O)c1ccccc1Br)N1CCOCC1. The predicted molar refractivity (Wildman–Crippen MR) is 115 cm³/mol. The number of hydrogen-bond acceptors (Lipinski definition) is 5. The zero-order valence-electron chi connectivity index (χ0n) is 16.1. The minimum absolute atomic E-state index is 0.149. The van der Waals surface area contributed by atoms with Gasteiger partial charge in [-0.25, -0.2) is 13.1 Å². The van der Waals surface area contributed by atoms with Crippen molar-refractivity contribution < 1.29 is 17.9 Å². The first kappa shape index (κ1) is 20.8. The zero-order chi connectivity index (χ0) is 21.1. The van der Waals surface area contributed by atoms with Gasteiger partial charge in [-0.2, -0.15) is 5.10 Å². The van der Waals surface area contributed by atoms with E-state index in [1.165, 1.54) is 0 Å². The third kappa shape index (κ3) is 4.33. The molecule has 2 heterocycles. The number of rotatable bonds is 5. The summed E-state index contributed by atoms with van der Waals surface area (Å²) in [6.07, 6.45) is 1.62. The highest BCUT2D eigenvalue weighted by Crippen LogP contribution is 2.26. The Morgan fingerprint density at radius 3 is 2.40 bits per heavy atom. The highest BCUT2D eigenvalue weighted by molar-refractivity contribution is 9.10. The summed E-state index contributed by atoms with van der Waals surface area (Å²) in [4.78, 5) is 15.0. The number of benzene rings is 2. The Balaban J connectivity index is 1.74. The molecule has 1 amide bonds. The summed E-state index contributed by atoms with van der Waals surface area (Å²) < 4.78 is 33.6. The summed E-state index contributed by atoms with van der Waals surface area (Å²) in [6.45, 7) is 1.81. The number of para-hydroxylation sites is 1. The fourth-order valence-electron chi connectivity index (χ4n) is 3.30. The second-order valence-corrected chi connectivity index (χ2v) is 9.69. The molecular formula is C21H20BrN3O4S. The van der Waals surface area contributed by atoms with Crippen molar-refractivity contribution in [3.8, 4) is 5.69 Å². The molecule has 1 fully saturated rings. The van der Waals surface area contributed by atoms with E-state index < -0.39 is 9.84 Å². The number of sulfone groups is 1. The average molecular weight is 490 g/mol. The van der Waals surface area contributed by atoms with E-state index in [1.54, 1.807) is 40.0 Å². The molecule has 3 aromatic rings. The van der Waals surface area contributed by atoms with Gasteiger partial charge in [-0.15, -0.1) is 0 Å². The van der Waals surface area contributed by atoms with E-state index in [1.807, 2.05) is 30.3 Å². The van der Waals surface area contributed by atoms with Gasteiger partial charge in [0.15, 0.2) is 15.5 Å². The molecule has 0 saturated carbocycles. The van der Waals surface area contributed by atoms with E-state index in [0.717, 1.165) is 5.69 Å². The number of nitrogens with zero attached hydrogens (tertiary/aromatic N) is 3. The molecule has 9 heteroatoms. The van der Waals surface area contributed by atoms with Crippen molar-refractivity contribution in [2.24, 2.45) is 0 Å². The van der Waals surface area contributed by atoms with E-state index >= 15 is 0 Å². The minimum Gasteiger partial charge on any atom is -0.378 e. The number of halogens is 1. The summed E-state index contributed by atoms with van der Waals surface area (Å²) in [5, 5.41) is 4.46. The van der Waals surface area contributed by atoms with Crippen molar-refractivity contribution in [1.82, 2.24) is 14.7 Å². The molecule has 0 aliphatic carbocycles. The van der Waals surface area contributed by atoms with Crippen molar-refractivity contribution in [1.29, 1.82) is 0 Å². The number of aromatic nitrogens is 2. The third-order valence-corrected chi connectivity index (χ3v) is 7.50. The van der Waals surface area contributed by atoms with Gasteiger partial charge in [0.1, 0.15) is 0 Å². The topological polar surface area (TPSA) is 81.5 Å². The van der Waals surface area contributed by atoms with Crippen LogP contribution in [0.15, 0.2) is 70.2 Å². The molecule has 1 aliphatic rings. The Morgan fingerprint density at radius 1 is 1.03 bits per heavy atom. The van der Waals surface area contributed by atoms with Gasteiger partial charge in [0.2, 0.25) is 0 Å². The van der Waals surface area contributed by atoms with Crippen LogP contribution in [0.2, 0.25) is 0 Å². The Labute approximate surface area is 183 Å². The fourth-order valence-corrected chi connectivity index (χ4v) is 5.76. The van der Waals surface area contributed by atoms with Crippen LogP contribution in [0, 0.1) is 0 Å². The highest BCUT2D eigenvalue weighted by Gasteiger charge is 2.28. The van der Waals surface area contributed by atoms with Gasteiger partial charge in [-0.05, 0) is 40.2 Å². The molecule has 0 bridgehead atoms. The van der Waals surface area contributed by atoms with E-state index in [0.29, 0.717) is 36.3 Å². The lowest BCUT2D eigenvalue weighted by Crippen LogP contribution is -2.41. The Morgan fingerprint density at radius 2 is 1.70 bits per heavy atom. The lowest BCUT2D eigenvalue weighted by atomic mass is 10.2. The number of ether oxygens (including phenoxy) is 1. The molecular weight excluding hydrogens is 470 g/mol. The minimum atomic E-state index is -3.70. The Hall–Kier alpha value is -2.49. The first-order chi connectivity index (χ1) is 14.5. The molecule has 2 aromatic carbocycles. The summed E-state index contributed by atoms with van der Waals surface area (Å²) >= 11 is 3.31. The molecule has 0 radical (unpaired) electrons. The van der Waals surface area contributed by atoms with Gasteiger partial charge >= 0.3 is 0 Å². The number of carbonyl (C=O) groups excluding carboxylic acids is 1. The van der Waals surface area contributed by atoms with Gasteiger partial charge in [-0.1, -0.05) is 30.3 Å². The number of carbonyl (C=O) groups is 1. The van der Waals surface area contributed by atoms with Crippen molar-refractivity contribution in [2.75, 3.05) is 26.3 Å². The normalized spacial score (nSPS) is 14.6. The smallest absolute Gasteiger partial charge is 0.274 e. The second kappa shape index (κ2) is 8.71. The van der Waals surface area contributed by atoms with Gasteiger partial charge in [0, 0.05) is 29.3 Å². The van der Waals surface area contributed by atoms with Crippen LogP contribution in [0.1, 0.15) is 16.1 Å². The van der Waals surface area contributed by atoms with Crippen molar-refractivity contribution in [3.05, 3.63) is 76.5 Å². The lowest BCUT2D eigenvalue weighted by Gasteiger charge is -2.26. The molecule has 4 rings (SSSR count). The van der Waals surface area contributed by atoms with Crippen LogP contribution in [0.3, 0.4) is 0 Å². The maximum absolute atomic E-state index is 13.1. The van der Waals surface area contributed by atoms with Gasteiger partial charge in [0.05, 0.1) is 29.5 Å². The first-order valence-electron chi connectivity index (χ1n) is 9.44. The molecule has 7 nitrogen and oxygen atoms in total. The highest BCUT2D eigenvalue weighted by atomic mass is 79.9. The van der Waals surface area contributed by atoms with Gasteiger partial charge in [0.25, 0.3) is 5.91 Å². The summed E-state index contributed by atoms with van der Waals surface area (Å²) in [6, 6.07) is 15.9. The average Bonchev–Trinajstić information content (AvgIpc) is 3.17. The fraction of sp³-hybridized carbons (Fsp3) is 0.238. The summed E-state index contributed by atoms with van der Waals surface area (Å²) in [5.41, 5.74) is 1.26. The van der Waals surface area contributed by atoms with Crippen LogP contribution >= 0.6 is 15.9 Å². The maximum Gasteiger partial charge on any atom is 0.274 e. The van der Waals surface area contributed by atoms with Crippen molar-refractivity contribution in [3.63, 3.8) is 0 Å². The standard InChI is InChI=1S/C21H20BrN3O4S/c22-18-8-4-5-9-19(18)30(27,28)15-16-14-25(17-6-2-1-3-7-17)23-20(16)21(26)24-10-12-29-13-11-24/h1-9,14H,10-13,15H2.